The molecule has 114 valence electrons. The van der Waals surface area contributed by atoms with Crippen molar-refractivity contribution >= 4 is 5.91 Å². The summed E-state index contributed by atoms with van der Waals surface area (Å²) >= 11 is 0. The van der Waals surface area contributed by atoms with E-state index in [0.717, 1.165) is 6.26 Å². The Morgan fingerprint density at radius 1 is 1.48 bits per heavy atom. The van der Waals surface area contributed by atoms with Gasteiger partial charge >= 0.3 is 0 Å². The molecule has 1 amide bonds. The first-order valence-corrected chi connectivity index (χ1v) is 6.97. The smallest absolute Gasteiger partial charge is 0.226 e. The standard InChI is InChI=1S/C16H21NO4/c1-9(2)5-11-14(16(11,3)4)15(20)17-7-10-6-12(18)13(19)8-21-10/h5-6,8,11,14,19H,7H2,1-4H3,(H,17,20). The molecule has 21 heavy (non-hydrogen) atoms. The minimum Gasteiger partial charge on any atom is -0.502 e. The average molecular weight is 291 g/mol. The molecule has 1 saturated carbocycles. The number of amides is 1. The molecule has 0 bridgehead atoms. The molecule has 0 saturated heterocycles. The van der Waals surface area contributed by atoms with Gasteiger partial charge in [-0.1, -0.05) is 25.5 Å². The van der Waals surface area contributed by atoms with Crippen LogP contribution in [-0.2, 0) is 11.3 Å². The topological polar surface area (TPSA) is 79.5 Å². The number of hydrogen-bond acceptors (Lipinski definition) is 4. The van der Waals surface area contributed by atoms with Crippen molar-refractivity contribution in [1.29, 1.82) is 0 Å². The molecule has 0 radical (unpaired) electrons. The van der Waals surface area contributed by atoms with Gasteiger partial charge in [-0.25, -0.2) is 0 Å². The third kappa shape index (κ3) is 3.17. The highest BCUT2D eigenvalue weighted by molar-refractivity contribution is 5.83. The zero-order valence-corrected chi connectivity index (χ0v) is 12.8. The summed E-state index contributed by atoms with van der Waals surface area (Å²) in [5, 5.41) is 11.9. The van der Waals surface area contributed by atoms with Gasteiger partial charge in [-0.15, -0.1) is 0 Å². The minimum atomic E-state index is -0.514. The first-order valence-electron chi connectivity index (χ1n) is 6.97. The van der Waals surface area contributed by atoms with E-state index in [0.29, 0.717) is 5.76 Å². The molecule has 5 heteroatoms. The summed E-state index contributed by atoms with van der Waals surface area (Å²) in [4.78, 5) is 23.5. The Morgan fingerprint density at radius 3 is 2.71 bits per heavy atom. The first kappa shape index (κ1) is 15.4. The van der Waals surface area contributed by atoms with E-state index in [2.05, 4.69) is 25.2 Å². The van der Waals surface area contributed by atoms with Gasteiger partial charge in [-0.05, 0) is 25.2 Å². The van der Waals surface area contributed by atoms with Gasteiger partial charge in [0.25, 0.3) is 0 Å². The molecule has 0 aromatic carbocycles. The Labute approximate surface area is 123 Å². The molecule has 2 unspecified atom stereocenters. The SMILES string of the molecule is CC(C)=CC1C(C(=O)NCc2cc(=O)c(O)co2)C1(C)C. The van der Waals surface area contributed by atoms with E-state index in [9.17, 15) is 9.59 Å². The monoisotopic (exact) mass is 291 g/mol. The molecule has 1 aliphatic rings. The summed E-state index contributed by atoms with van der Waals surface area (Å²) in [7, 11) is 0. The highest BCUT2D eigenvalue weighted by Gasteiger charge is 2.60. The summed E-state index contributed by atoms with van der Waals surface area (Å²) < 4.78 is 5.06. The van der Waals surface area contributed by atoms with Crippen LogP contribution in [0.2, 0.25) is 0 Å². The number of allylic oxidation sites excluding steroid dienone is 2. The van der Waals surface area contributed by atoms with Gasteiger partial charge in [0.1, 0.15) is 12.0 Å². The molecular formula is C16H21NO4. The van der Waals surface area contributed by atoms with Gasteiger partial charge in [-0.3, -0.25) is 9.59 Å². The third-order valence-corrected chi connectivity index (χ3v) is 4.01. The van der Waals surface area contributed by atoms with E-state index >= 15 is 0 Å². The predicted molar refractivity (Wildman–Crippen MR) is 78.7 cm³/mol. The Bertz CT molecular complexity index is 638. The van der Waals surface area contributed by atoms with Crippen LogP contribution in [0, 0.1) is 17.3 Å². The largest absolute Gasteiger partial charge is 0.502 e. The second kappa shape index (κ2) is 5.39. The van der Waals surface area contributed by atoms with Crippen LogP contribution >= 0.6 is 0 Å². The molecule has 2 rings (SSSR count). The van der Waals surface area contributed by atoms with Crippen LogP contribution < -0.4 is 10.7 Å². The molecular weight excluding hydrogens is 270 g/mol. The third-order valence-electron chi connectivity index (χ3n) is 4.01. The summed E-state index contributed by atoms with van der Waals surface area (Å²) in [6, 6.07) is 1.18. The molecule has 1 fully saturated rings. The zero-order valence-electron chi connectivity index (χ0n) is 12.8. The van der Waals surface area contributed by atoms with Gasteiger partial charge < -0.3 is 14.8 Å². The zero-order chi connectivity index (χ0) is 15.8. The summed E-state index contributed by atoms with van der Waals surface area (Å²) in [5.74, 6) is 0.0317. The van der Waals surface area contributed by atoms with Crippen LogP contribution in [0.4, 0.5) is 0 Å². The summed E-state index contributed by atoms with van der Waals surface area (Å²) in [5.41, 5.74) is 0.643. The Balaban J connectivity index is 1.98. The van der Waals surface area contributed by atoms with E-state index in [-0.39, 0.29) is 29.7 Å². The Kier molecular flexibility index (Phi) is 3.94. The van der Waals surface area contributed by atoms with E-state index in [1.807, 2.05) is 13.8 Å². The quantitative estimate of drug-likeness (QED) is 0.833. The second-order valence-electron chi connectivity index (χ2n) is 6.38. The van der Waals surface area contributed by atoms with Crippen molar-refractivity contribution in [3.05, 3.63) is 40.0 Å². The molecule has 5 nitrogen and oxygen atoms in total. The second-order valence-corrected chi connectivity index (χ2v) is 6.38. The van der Waals surface area contributed by atoms with E-state index in [4.69, 9.17) is 9.52 Å². The molecule has 0 aliphatic heterocycles. The van der Waals surface area contributed by atoms with Crippen molar-refractivity contribution in [2.75, 3.05) is 0 Å². The van der Waals surface area contributed by atoms with Gasteiger partial charge in [0.05, 0.1) is 12.5 Å². The molecule has 2 N–H and O–H groups in total. The fourth-order valence-corrected chi connectivity index (χ4v) is 2.67. The average Bonchev–Trinajstić information content (AvgIpc) is 2.91. The van der Waals surface area contributed by atoms with Crippen molar-refractivity contribution in [1.82, 2.24) is 5.32 Å². The maximum absolute atomic E-state index is 12.2. The van der Waals surface area contributed by atoms with Gasteiger partial charge in [-0.2, -0.15) is 0 Å². The lowest BCUT2D eigenvalue weighted by molar-refractivity contribution is -0.123. The maximum atomic E-state index is 12.2. The summed E-state index contributed by atoms with van der Waals surface area (Å²) in [6.45, 7) is 8.33. The van der Waals surface area contributed by atoms with Crippen LogP contribution in [0.1, 0.15) is 33.5 Å². The number of carbonyl (C=O) groups is 1. The van der Waals surface area contributed by atoms with Crippen molar-refractivity contribution in [3.63, 3.8) is 0 Å². The normalized spacial score (nSPS) is 22.5. The fourth-order valence-electron chi connectivity index (χ4n) is 2.67. The van der Waals surface area contributed by atoms with E-state index in [1.165, 1.54) is 11.6 Å². The van der Waals surface area contributed by atoms with Crippen LogP contribution in [0.25, 0.3) is 0 Å². The lowest BCUT2D eigenvalue weighted by Crippen LogP contribution is -2.26. The van der Waals surface area contributed by atoms with Crippen molar-refractivity contribution < 1.29 is 14.3 Å². The van der Waals surface area contributed by atoms with Crippen LogP contribution in [0.5, 0.6) is 5.75 Å². The Hall–Kier alpha value is -2.04. The Morgan fingerprint density at radius 2 is 2.14 bits per heavy atom. The number of hydrogen-bond donors (Lipinski definition) is 2. The number of nitrogens with one attached hydrogen (secondary N) is 1. The maximum Gasteiger partial charge on any atom is 0.226 e. The van der Waals surface area contributed by atoms with Crippen molar-refractivity contribution in [2.24, 2.45) is 17.3 Å². The number of aromatic hydroxyl groups is 1. The van der Waals surface area contributed by atoms with Crippen molar-refractivity contribution in [3.8, 4) is 5.75 Å². The van der Waals surface area contributed by atoms with Gasteiger partial charge in [0.15, 0.2) is 5.75 Å². The van der Waals surface area contributed by atoms with Gasteiger partial charge in [0.2, 0.25) is 11.3 Å². The highest BCUT2D eigenvalue weighted by Crippen LogP contribution is 2.59. The number of carbonyl (C=O) groups excluding carboxylic acids is 1. The summed E-state index contributed by atoms with van der Waals surface area (Å²) in [6.07, 6.45) is 3.11. The van der Waals surface area contributed by atoms with E-state index < -0.39 is 11.2 Å². The van der Waals surface area contributed by atoms with Crippen LogP contribution in [0.15, 0.2) is 33.2 Å². The molecule has 0 spiro atoms. The molecule has 1 aromatic rings. The first-order chi connectivity index (χ1) is 9.73. The minimum absolute atomic E-state index is 0.0433. The van der Waals surface area contributed by atoms with E-state index in [1.54, 1.807) is 0 Å². The lowest BCUT2D eigenvalue weighted by Gasteiger charge is -2.05. The molecule has 1 aliphatic carbocycles. The molecule has 1 aromatic heterocycles. The molecule has 2 atom stereocenters. The fraction of sp³-hybridized carbons (Fsp3) is 0.500. The highest BCUT2D eigenvalue weighted by atomic mass is 16.4. The predicted octanol–water partition coefficient (Wildman–Crippen LogP) is 2.20. The molecule has 1 heterocycles. The van der Waals surface area contributed by atoms with Crippen LogP contribution in [-0.4, -0.2) is 11.0 Å². The van der Waals surface area contributed by atoms with Crippen LogP contribution in [0.3, 0.4) is 0 Å². The lowest BCUT2D eigenvalue weighted by atomic mass is 10.1. The van der Waals surface area contributed by atoms with Crippen molar-refractivity contribution in [2.45, 2.75) is 34.2 Å². The van der Waals surface area contributed by atoms with Gasteiger partial charge in [0, 0.05) is 6.07 Å². The number of rotatable bonds is 4.